The number of nitrogens with zero attached hydrogens (tertiary/aromatic N) is 2. The van der Waals surface area contributed by atoms with E-state index in [0.29, 0.717) is 24.5 Å². The van der Waals surface area contributed by atoms with Crippen molar-refractivity contribution >= 4 is 10.9 Å². The lowest BCUT2D eigenvalue weighted by atomic mass is 9.72. The zero-order valence-corrected chi connectivity index (χ0v) is 17.0. The fourth-order valence-corrected chi connectivity index (χ4v) is 5.86. The fourth-order valence-electron chi connectivity index (χ4n) is 5.86. The molecule has 5 nitrogen and oxygen atoms in total. The van der Waals surface area contributed by atoms with Crippen LogP contribution < -0.4 is 0 Å². The molecule has 0 radical (unpaired) electrons. The van der Waals surface area contributed by atoms with Crippen molar-refractivity contribution in [2.75, 3.05) is 46.0 Å². The molecule has 28 heavy (non-hydrogen) atoms. The lowest BCUT2D eigenvalue weighted by Crippen LogP contribution is -2.51. The molecule has 0 amide bonds. The van der Waals surface area contributed by atoms with Crippen molar-refractivity contribution in [3.8, 4) is 0 Å². The monoisotopic (exact) mass is 383 g/mol. The predicted octanol–water partition coefficient (Wildman–Crippen LogP) is 2.73. The van der Waals surface area contributed by atoms with E-state index in [1.54, 1.807) is 5.56 Å². The van der Waals surface area contributed by atoms with Crippen LogP contribution in [0.4, 0.5) is 0 Å². The number of ether oxygens (including phenoxy) is 1. The van der Waals surface area contributed by atoms with Crippen LogP contribution in [-0.4, -0.2) is 71.9 Å². The third kappa shape index (κ3) is 3.18. The molecule has 1 aromatic heterocycles. The fraction of sp³-hybridized carbons (Fsp3) is 0.652. The van der Waals surface area contributed by atoms with Crippen LogP contribution in [0.2, 0.25) is 0 Å². The molecule has 5 heteroatoms. The summed E-state index contributed by atoms with van der Waals surface area (Å²) in [6, 6.07) is 7.37. The highest BCUT2D eigenvalue weighted by Gasteiger charge is 2.41. The van der Waals surface area contributed by atoms with Crippen LogP contribution >= 0.6 is 0 Å². The molecule has 5 rings (SSSR count). The number of fused-ring (bicyclic) bond motifs is 2. The van der Waals surface area contributed by atoms with E-state index in [2.05, 4.69) is 39.9 Å². The third-order valence-corrected chi connectivity index (χ3v) is 7.13. The predicted molar refractivity (Wildman–Crippen MR) is 112 cm³/mol. The van der Waals surface area contributed by atoms with E-state index in [9.17, 15) is 5.11 Å². The van der Waals surface area contributed by atoms with Gasteiger partial charge in [-0.25, -0.2) is 0 Å². The molecule has 2 aliphatic heterocycles. The number of H-pyrrole nitrogens is 1. The maximum absolute atomic E-state index is 9.89. The van der Waals surface area contributed by atoms with Gasteiger partial charge in [0.1, 0.15) is 0 Å². The summed E-state index contributed by atoms with van der Waals surface area (Å²) in [5.74, 6) is 0.942. The summed E-state index contributed by atoms with van der Waals surface area (Å²) in [6.45, 7) is 9.48. The Labute approximate surface area is 167 Å². The summed E-state index contributed by atoms with van der Waals surface area (Å²) in [7, 11) is 0. The van der Waals surface area contributed by atoms with Crippen LogP contribution in [0, 0.1) is 5.92 Å². The minimum atomic E-state index is 0.307. The Morgan fingerprint density at radius 1 is 1.25 bits per heavy atom. The van der Waals surface area contributed by atoms with Gasteiger partial charge in [0.2, 0.25) is 0 Å². The summed E-state index contributed by atoms with van der Waals surface area (Å²) >= 11 is 0. The van der Waals surface area contributed by atoms with Gasteiger partial charge in [-0.2, -0.15) is 0 Å². The molecule has 152 valence electrons. The summed E-state index contributed by atoms with van der Waals surface area (Å²) in [5, 5.41) is 11.4. The maximum Gasteiger partial charge on any atom is 0.0594 e. The smallest absolute Gasteiger partial charge is 0.0594 e. The van der Waals surface area contributed by atoms with Gasteiger partial charge in [0.15, 0.2) is 0 Å². The molecule has 2 saturated heterocycles. The van der Waals surface area contributed by atoms with Gasteiger partial charge in [-0.1, -0.05) is 19.1 Å². The molecule has 3 atom stereocenters. The number of hydrogen-bond acceptors (Lipinski definition) is 4. The van der Waals surface area contributed by atoms with Gasteiger partial charge < -0.3 is 14.8 Å². The van der Waals surface area contributed by atoms with Crippen molar-refractivity contribution in [2.45, 2.75) is 44.7 Å². The number of morpholine rings is 1. The number of aromatic amines is 1. The van der Waals surface area contributed by atoms with E-state index >= 15 is 0 Å². The number of rotatable bonds is 5. The Bertz CT molecular complexity index is 827. The first-order chi connectivity index (χ1) is 13.8. The first-order valence-corrected chi connectivity index (χ1v) is 11.1. The molecule has 0 saturated carbocycles. The first-order valence-electron chi connectivity index (χ1n) is 11.1. The van der Waals surface area contributed by atoms with Crippen molar-refractivity contribution < 1.29 is 9.84 Å². The number of aliphatic hydroxyl groups is 1. The summed E-state index contributed by atoms with van der Waals surface area (Å²) in [6.07, 6.45) is 3.43. The minimum absolute atomic E-state index is 0.307. The van der Waals surface area contributed by atoms with E-state index in [1.165, 1.54) is 28.6 Å². The number of benzene rings is 1. The quantitative estimate of drug-likeness (QED) is 0.834. The Morgan fingerprint density at radius 3 is 2.89 bits per heavy atom. The zero-order valence-electron chi connectivity index (χ0n) is 17.0. The lowest BCUT2D eigenvalue weighted by molar-refractivity contribution is 0.0333. The molecule has 1 aromatic carbocycles. The number of aliphatic hydroxyl groups excluding tert-OH is 1. The summed E-state index contributed by atoms with van der Waals surface area (Å²) < 4.78 is 5.54. The second-order valence-electron chi connectivity index (χ2n) is 8.90. The van der Waals surface area contributed by atoms with Crippen LogP contribution in [0.25, 0.3) is 10.9 Å². The van der Waals surface area contributed by atoms with E-state index in [4.69, 9.17) is 4.74 Å². The van der Waals surface area contributed by atoms with Crippen molar-refractivity contribution in [1.82, 2.24) is 14.8 Å². The highest BCUT2D eigenvalue weighted by atomic mass is 16.5. The molecule has 3 aliphatic rings. The maximum atomic E-state index is 9.89. The van der Waals surface area contributed by atoms with E-state index in [0.717, 1.165) is 58.8 Å². The van der Waals surface area contributed by atoms with Crippen LogP contribution in [0.5, 0.6) is 0 Å². The number of piperidine rings is 1. The normalized spacial score (nSPS) is 28.6. The first kappa shape index (κ1) is 18.6. The van der Waals surface area contributed by atoms with Gasteiger partial charge >= 0.3 is 0 Å². The molecule has 0 spiro atoms. The van der Waals surface area contributed by atoms with Gasteiger partial charge in [0, 0.05) is 61.3 Å². The van der Waals surface area contributed by atoms with Crippen molar-refractivity contribution in [3.05, 3.63) is 35.0 Å². The largest absolute Gasteiger partial charge is 0.396 e. The van der Waals surface area contributed by atoms with E-state index in [1.807, 2.05) is 0 Å². The number of hydrogen-bond donors (Lipinski definition) is 2. The van der Waals surface area contributed by atoms with Gasteiger partial charge in [0.05, 0.1) is 13.2 Å². The Kier molecular flexibility index (Phi) is 5.18. The van der Waals surface area contributed by atoms with Crippen LogP contribution in [0.15, 0.2) is 18.2 Å². The van der Waals surface area contributed by atoms with Gasteiger partial charge in [-0.3, -0.25) is 9.80 Å². The lowest BCUT2D eigenvalue weighted by Gasteiger charge is -2.47. The highest BCUT2D eigenvalue weighted by molar-refractivity contribution is 5.89. The van der Waals surface area contributed by atoms with Gasteiger partial charge in [-0.05, 0) is 48.9 Å². The standard InChI is InChI=1S/C23H33N3O2/c1-2-6-26-13-16(15-27)11-18-17-4-3-5-20-23(17)19(12-22(18)26)21(24-20)14-25-7-9-28-10-8-25/h3-5,16,18,22,24,27H,2,6-15H2,1H3/t16-,18?,22-/m1/s1. The average molecular weight is 384 g/mol. The number of nitrogens with one attached hydrogen (secondary N) is 1. The Balaban J connectivity index is 1.53. The molecule has 2 fully saturated rings. The molecular weight excluding hydrogens is 350 g/mol. The molecule has 0 bridgehead atoms. The van der Waals surface area contributed by atoms with Crippen LogP contribution in [0.1, 0.15) is 42.5 Å². The SMILES string of the molecule is CCCN1C[C@H](CO)CC2c3cccc4[nH]c(CN5CCOCC5)c(c34)C[C@H]21. The van der Waals surface area contributed by atoms with Crippen molar-refractivity contribution in [2.24, 2.45) is 5.92 Å². The topological polar surface area (TPSA) is 51.7 Å². The molecular formula is C23H33N3O2. The second kappa shape index (κ2) is 7.79. The molecule has 1 aliphatic carbocycles. The molecule has 3 heterocycles. The van der Waals surface area contributed by atoms with Crippen molar-refractivity contribution in [1.29, 1.82) is 0 Å². The highest BCUT2D eigenvalue weighted by Crippen LogP contribution is 2.45. The summed E-state index contributed by atoms with van der Waals surface area (Å²) in [4.78, 5) is 8.96. The van der Waals surface area contributed by atoms with Gasteiger partial charge in [0.25, 0.3) is 0 Å². The Morgan fingerprint density at radius 2 is 2.11 bits per heavy atom. The van der Waals surface area contributed by atoms with Crippen LogP contribution in [-0.2, 0) is 17.7 Å². The zero-order chi connectivity index (χ0) is 19.1. The van der Waals surface area contributed by atoms with Crippen molar-refractivity contribution in [3.63, 3.8) is 0 Å². The minimum Gasteiger partial charge on any atom is -0.396 e. The molecule has 2 aromatic rings. The van der Waals surface area contributed by atoms with Crippen LogP contribution in [0.3, 0.4) is 0 Å². The Hall–Kier alpha value is -1.40. The number of likely N-dealkylation sites (tertiary alicyclic amines) is 1. The van der Waals surface area contributed by atoms with E-state index < -0.39 is 0 Å². The molecule has 2 N–H and O–H groups in total. The van der Waals surface area contributed by atoms with E-state index in [-0.39, 0.29) is 0 Å². The molecule has 1 unspecified atom stereocenters. The average Bonchev–Trinajstić information content (AvgIpc) is 3.08. The van der Waals surface area contributed by atoms with Gasteiger partial charge in [-0.15, -0.1) is 0 Å². The number of aromatic nitrogens is 1. The second-order valence-corrected chi connectivity index (χ2v) is 8.90. The summed E-state index contributed by atoms with van der Waals surface area (Å²) in [5.41, 5.74) is 5.75. The third-order valence-electron chi connectivity index (χ3n) is 7.13.